The quantitative estimate of drug-likeness (QED) is 0.721. The number of aliphatic hydroxyl groups excluding tert-OH is 1. The largest absolute Gasteiger partial charge is 0.396 e. The monoisotopic (exact) mass is 321 g/mol. The summed E-state index contributed by atoms with van der Waals surface area (Å²) in [6, 6.07) is 2.81. The second-order valence-electron chi connectivity index (χ2n) is 5.82. The number of aliphatic hydroxyl groups is 1. The third-order valence-corrected chi connectivity index (χ3v) is 4.48. The molecule has 4 nitrogen and oxygen atoms in total. The highest BCUT2D eigenvalue weighted by Gasteiger charge is 2.18. The molecule has 1 aromatic rings. The molecule has 2 N–H and O–H groups in total. The normalized spacial score (nSPS) is 12.6. The van der Waals surface area contributed by atoms with Crippen LogP contribution in [0.5, 0.6) is 0 Å². The third kappa shape index (κ3) is 6.50. The molecule has 0 bridgehead atoms. The highest BCUT2D eigenvalue weighted by atomic mass is 32.2. The van der Waals surface area contributed by atoms with Crippen LogP contribution in [0, 0.1) is 17.0 Å². The molecule has 1 rings (SSSR count). The molecule has 0 aliphatic rings. The minimum absolute atomic E-state index is 0.0283. The first kappa shape index (κ1) is 18.0. The fraction of sp³-hybridized carbons (Fsp3) is 0.571. The lowest BCUT2D eigenvalue weighted by Gasteiger charge is -2.21. The van der Waals surface area contributed by atoms with Gasteiger partial charge in [0.25, 0.3) is 0 Å². The number of hydrogen-bond acceptors (Lipinski definition) is 3. The fourth-order valence-electron chi connectivity index (χ4n) is 1.77. The van der Waals surface area contributed by atoms with Crippen LogP contribution in [0.2, 0.25) is 0 Å². The van der Waals surface area contributed by atoms with E-state index >= 15 is 0 Å². The Morgan fingerprint density at radius 1 is 1.29 bits per heavy atom. The minimum atomic E-state index is -3.67. The smallest absolute Gasteiger partial charge is 0.215 e. The van der Waals surface area contributed by atoms with Gasteiger partial charge in [-0.1, -0.05) is 19.9 Å². The SMILES string of the molecule is CC(C)(CO)CCCNS(=O)(=O)Cc1ccc(F)cc1F. The van der Waals surface area contributed by atoms with Gasteiger partial charge in [-0.15, -0.1) is 0 Å². The van der Waals surface area contributed by atoms with E-state index in [2.05, 4.69) is 4.72 Å². The number of rotatable bonds is 8. The number of sulfonamides is 1. The summed E-state index contributed by atoms with van der Waals surface area (Å²) in [7, 11) is -3.67. The van der Waals surface area contributed by atoms with E-state index in [1.165, 1.54) is 0 Å². The molecule has 0 amide bonds. The van der Waals surface area contributed by atoms with Gasteiger partial charge in [-0.2, -0.15) is 0 Å². The minimum Gasteiger partial charge on any atom is -0.396 e. The van der Waals surface area contributed by atoms with Crippen molar-refractivity contribution in [2.75, 3.05) is 13.2 Å². The molecule has 0 heterocycles. The maximum atomic E-state index is 13.4. The van der Waals surface area contributed by atoms with Crippen LogP contribution in [-0.4, -0.2) is 26.7 Å². The molecular weight excluding hydrogens is 300 g/mol. The van der Waals surface area contributed by atoms with E-state index in [-0.39, 0.29) is 24.1 Å². The van der Waals surface area contributed by atoms with Crippen molar-refractivity contribution in [1.82, 2.24) is 4.72 Å². The molecule has 0 saturated carbocycles. The van der Waals surface area contributed by atoms with Crippen LogP contribution in [0.25, 0.3) is 0 Å². The van der Waals surface area contributed by atoms with Crippen molar-refractivity contribution in [3.05, 3.63) is 35.4 Å². The molecule has 0 unspecified atom stereocenters. The van der Waals surface area contributed by atoms with Gasteiger partial charge < -0.3 is 5.11 Å². The maximum absolute atomic E-state index is 13.4. The molecule has 120 valence electrons. The summed E-state index contributed by atoms with van der Waals surface area (Å²) in [6.07, 6.45) is 1.23. The average Bonchev–Trinajstić information content (AvgIpc) is 2.38. The lowest BCUT2D eigenvalue weighted by molar-refractivity contribution is 0.148. The van der Waals surface area contributed by atoms with Crippen molar-refractivity contribution in [2.45, 2.75) is 32.4 Å². The highest BCUT2D eigenvalue weighted by molar-refractivity contribution is 7.88. The lowest BCUT2D eigenvalue weighted by atomic mass is 9.89. The van der Waals surface area contributed by atoms with Crippen molar-refractivity contribution in [1.29, 1.82) is 0 Å². The summed E-state index contributed by atoms with van der Waals surface area (Å²) in [4.78, 5) is 0. The van der Waals surface area contributed by atoms with Crippen LogP contribution in [-0.2, 0) is 15.8 Å². The Bertz CT molecular complexity index is 574. The van der Waals surface area contributed by atoms with Crippen LogP contribution in [0.4, 0.5) is 8.78 Å². The first-order chi connectivity index (χ1) is 9.65. The van der Waals surface area contributed by atoms with Crippen molar-refractivity contribution >= 4 is 10.0 Å². The summed E-state index contributed by atoms with van der Waals surface area (Å²) < 4.78 is 52.2. The van der Waals surface area contributed by atoms with Crippen molar-refractivity contribution in [3.8, 4) is 0 Å². The molecule has 0 aliphatic carbocycles. The Morgan fingerprint density at radius 3 is 2.52 bits per heavy atom. The molecule has 0 aliphatic heterocycles. The fourth-order valence-corrected chi connectivity index (χ4v) is 2.97. The van der Waals surface area contributed by atoms with Crippen LogP contribution in [0.15, 0.2) is 18.2 Å². The maximum Gasteiger partial charge on any atom is 0.215 e. The van der Waals surface area contributed by atoms with Gasteiger partial charge >= 0.3 is 0 Å². The first-order valence-electron chi connectivity index (χ1n) is 6.67. The first-order valence-corrected chi connectivity index (χ1v) is 8.32. The standard InChI is InChI=1S/C14H21F2NO3S/c1-14(2,10-18)6-3-7-17-21(19,20)9-11-4-5-12(15)8-13(11)16/h4-5,8,17-18H,3,6-7,9-10H2,1-2H3. The van der Waals surface area contributed by atoms with Crippen LogP contribution in [0.1, 0.15) is 32.3 Å². The van der Waals surface area contributed by atoms with E-state index in [1.807, 2.05) is 13.8 Å². The van der Waals surface area contributed by atoms with Gasteiger partial charge in [0, 0.05) is 24.8 Å². The summed E-state index contributed by atoms with van der Waals surface area (Å²) >= 11 is 0. The molecule has 0 radical (unpaired) electrons. The summed E-state index contributed by atoms with van der Waals surface area (Å²) in [5.74, 6) is -2.14. The number of hydrogen-bond donors (Lipinski definition) is 2. The van der Waals surface area contributed by atoms with Gasteiger partial charge in [0.05, 0.1) is 5.75 Å². The average molecular weight is 321 g/mol. The van der Waals surface area contributed by atoms with E-state index in [4.69, 9.17) is 5.11 Å². The van der Waals surface area contributed by atoms with E-state index < -0.39 is 27.4 Å². The Labute approximate surface area is 124 Å². The second kappa shape index (κ2) is 7.29. The Morgan fingerprint density at radius 2 is 1.95 bits per heavy atom. The van der Waals surface area contributed by atoms with E-state index in [0.717, 1.165) is 12.1 Å². The molecule has 0 saturated heterocycles. The molecule has 0 aromatic heterocycles. The summed E-state index contributed by atoms with van der Waals surface area (Å²) in [5, 5.41) is 9.09. The van der Waals surface area contributed by atoms with Gasteiger partial charge in [-0.3, -0.25) is 0 Å². The van der Waals surface area contributed by atoms with Crippen molar-refractivity contribution < 1.29 is 22.3 Å². The summed E-state index contributed by atoms with van der Waals surface area (Å²) in [6.45, 7) is 4.01. The number of nitrogens with one attached hydrogen (secondary N) is 1. The van der Waals surface area contributed by atoms with Crippen LogP contribution in [0.3, 0.4) is 0 Å². The zero-order valence-electron chi connectivity index (χ0n) is 12.2. The third-order valence-electron chi connectivity index (χ3n) is 3.14. The summed E-state index contributed by atoms with van der Waals surface area (Å²) in [5.41, 5.74) is -0.325. The zero-order chi connectivity index (χ0) is 16.1. The highest BCUT2D eigenvalue weighted by Crippen LogP contribution is 2.20. The number of benzene rings is 1. The Hall–Kier alpha value is -1.05. The van der Waals surface area contributed by atoms with Gasteiger partial charge in [0.2, 0.25) is 10.0 Å². The van der Waals surface area contributed by atoms with E-state index in [1.54, 1.807) is 0 Å². The molecular formula is C14H21F2NO3S. The van der Waals surface area contributed by atoms with E-state index in [0.29, 0.717) is 18.9 Å². The van der Waals surface area contributed by atoms with Crippen molar-refractivity contribution in [2.24, 2.45) is 5.41 Å². The van der Waals surface area contributed by atoms with Gasteiger partial charge in [0.1, 0.15) is 11.6 Å². The van der Waals surface area contributed by atoms with Gasteiger partial charge in [0.15, 0.2) is 0 Å². The molecule has 7 heteroatoms. The van der Waals surface area contributed by atoms with Crippen molar-refractivity contribution in [3.63, 3.8) is 0 Å². The predicted octanol–water partition coefficient (Wildman–Crippen LogP) is 2.18. The molecule has 1 aromatic carbocycles. The predicted molar refractivity (Wildman–Crippen MR) is 77.1 cm³/mol. The van der Waals surface area contributed by atoms with Crippen LogP contribution < -0.4 is 4.72 Å². The van der Waals surface area contributed by atoms with Crippen LogP contribution >= 0.6 is 0 Å². The Balaban J connectivity index is 2.51. The Kier molecular flexibility index (Phi) is 6.24. The molecule has 0 fully saturated rings. The molecule has 0 spiro atoms. The molecule has 0 atom stereocenters. The zero-order valence-corrected chi connectivity index (χ0v) is 13.0. The van der Waals surface area contributed by atoms with Gasteiger partial charge in [-0.05, 0) is 24.3 Å². The van der Waals surface area contributed by atoms with E-state index in [9.17, 15) is 17.2 Å². The molecule has 21 heavy (non-hydrogen) atoms. The number of halogens is 2. The topological polar surface area (TPSA) is 66.4 Å². The lowest BCUT2D eigenvalue weighted by Crippen LogP contribution is -2.28. The second-order valence-corrected chi connectivity index (χ2v) is 7.62. The van der Waals surface area contributed by atoms with Gasteiger partial charge in [-0.25, -0.2) is 21.9 Å².